The first kappa shape index (κ1) is 13.7. The molecular formula is C9H11NO5S2. The van der Waals surface area contributed by atoms with Crippen molar-refractivity contribution in [3.8, 4) is 0 Å². The molecule has 1 rings (SSSR count). The number of aldehydes is 1. The van der Waals surface area contributed by atoms with Crippen LogP contribution < -0.4 is 3.71 Å². The average Bonchev–Trinajstić information content (AvgIpc) is 2.14. The topological polar surface area (TPSA) is 88.6 Å². The Labute approximate surface area is 100.0 Å². The number of hydrogen-bond donors (Lipinski definition) is 0. The van der Waals surface area contributed by atoms with Crippen molar-refractivity contribution in [2.45, 2.75) is 0 Å². The molecule has 17 heavy (non-hydrogen) atoms. The van der Waals surface area contributed by atoms with Crippen molar-refractivity contribution in [1.82, 2.24) is 0 Å². The Kier molecular flexibility index (Phi) is 3.58. The Morgan fingerprint density at radius 1 is 1.00 bits per heavy atom. The van der Waals surface area contributed by atoms with E-state index in [0.717, 1.165) is 12.5 Å². The van der Waals surface area contributed by atoms with Gasteiger partial charge in [-0.15, -0.1) is 0 Å². The molecule has 0 saturated heterocycles. The third-order valence-electron chi connectivity index (χ3n) is 1.86. The maximum absolute atomic E-state index is 11.5. The van der Waals surface area contributed by atoms with Crippen molar-refractivity contribution in [2.24, 2.45) is 0 Å². The zero-order valence-electron chi connectivity index (χ0n) is 9.19. The predicted octanol–water partition coefficient (Wildman–Crippen LogP) is 0.225. The van der Waals surface area contributed by atoms with E-state index in [1.165, 1.54) is 24.3 Å². The molecule has 0 N–H and O–H groups in total. The van der Waals surface area contributed by atoms with E-state index < -0.39 is 20.0 Å². The number of carbonyl (C=O) groups is 1. The van der Waals surface area contributed by atoms with Crippen LogP contribution in [0.1, 0.15) is 10.4 Å². The highest BCUT2D eigenvalue weighted by molar-refractivity contribution is 8.09. The van der Waals surface area contributed by atoms with Gasteiger partial charge in [0.1, 0.15) is 0 Å². The van der Waals surface area contributed by atoms with Crippen LogP contribution in [0, 0.1) is 0 Å². The van der Waals surface area contributed by atoms with E-state index in [4.69, 9.17) is 0 Å². The van der Waals surface area contributed by atoms with Crippen LogP contribution in [0.25, 0.3) is 0 Å². The summed E-state index contributed by atoms with van der Waals surface area (Å²) in [4.78, 5) is 10.8. The third kappa shape index (κ3) is 3.04. The highest BCUT2D eigenvalue weighted by Gasteiger charge is 2.28. The Morgan fingerprint density at radius 2 is 1.47 bits per heavy atom. The molecule has 0 aliphatic heterocycles. The lowest BCUT2D eigenvalue weighted by atomic mass is 10.2. The van der Waals surface area contributed by atoms with Crippen molar-refractivity contribution in [2.75, 3.05) is 16.2 Å². The molecule has 0 bridgehead atoms. The van der Waals surface area contributed by atoms with Gasteiger partial charge < -0.3 is 0 Å². The number of anilines is 1. The van der Waals surface area contributed by atoms with Gasteiger partial charge in [-0.1, -0.05) is 12.1 Å². The monoisotopic (exact) mass is 277 g/mol. The first-order valence-electron chi connectivity index (χ1n) is 4.42. The molecule has 0 unspecified atom stereocenters. The molecule has 0 amide bonds. The van der Waals surface area contributed by atoms with Gasteiger partial charge in [-0.05, 0) is 12.1 Å². The molecule has 0 aliphatic rings. The maximum Gasteiger partial charge on any atom is 0.245 e. The summed E-state index contributed by atoms with van der Waals surface area (Å²) in [6.07, 6.45) is 1.92. The molecular weight excluding hydrogens is 266 g/mol. The van der Waals surface area contributed by atoms with Gasteiger partial charge in [-0.3, -0.25) is 4.79 Å². The predicted molar refractivity (Wildman–Crippen MR) is 64.0 cm³/mol. The summed E-state index contributed by atoms with van der Waals surface area (Å²) >= 11 is 0. The maximum atomic E-state index is 11.5. The standard InChI is InChI=1S/C9H11NO5S2/c1-16(12,13)10(17(2,14)15)9-6-4-3-5-8(9)7-11/h3-7H,1-2H3. The second-order valence-corrected chi connectivity index (χ2v) is 7.29. The summed E-state index contributed by atoms with van der Waals surface area (Å²) in [5.41, 5.74) is -0.184. The van der Waals surface area contributed by atoms with E-state index in [9.17, 15) is 21.6 Å². The second-order valence-electron chi connectivity index (χ2n) is 3.40. The molecule has 0 spiro atoms. The highest BCUT2D eigenvalue weighted by Crippen LogP contribution is 2.24. The summed E-state index contributed by atoms with van der Waals surface area (Å²) in [6, 6.07) is 5.55. The van der Waals surface area contributed by atoms with Crippen LogP contribution in [-0.4, -0.2) is 35.6 Å². The quantitative estimate of drug-likeness (QED) is 0.735. The number of rotatable bonds is 4. The van der Waals surface area contributed by atoms with E-state index >= 15 is 0 Å². The number of para-hydroxylation sites is 1. The molecule has 1 aromatic rings. The van der Waals surface area contributed by atoms with Crippen molar-refractivity contribution in [1.29, 1.82) is 0 Å². The fourth-order valence-electron chi connectivity index (χ4n) is 1.36. The van der Waals surface area contributed by atoms with Gasteiger partial charge >= 0.3 is 0 Å². The van der Waals surface area contributed by atoms with E-state index in [-0.39, 0.29) is 15.0 Å². The molecule has 0 heterocycles. The molecule has 0 fully saturated rings. The molecule has 0 saturated carbocycles. The Hall–Kier alpha value is -1.41. The fraction of sp³-hybridized carbons (Fsp3) is 0.222. The average molecular weight is 277 g/mol. The van der Waals surface area contributed by atoms with E-state index in [1.807, 2.05) is 0 Å². The van der Waals surface area contributed by atoms with Crippen LogP contribution in [0.4, 0.5) is 5.69 Å². The molecule has 0 radical (unpaired) electrons. The first-order valence-corrected chi connectivity index (χ1v) is 8.12. The van der Waals surface area contributed by atoms with Crippen LogP contribution in [0.2, 0.25) is 0 Å². The smallest absolute Gasteiger partial charge is 0.245 e. The van der Waals surface area contributed by atoms with Gasteiger partial charge in [-0.2, -0.15) is 3.71 Å². The summed E-state index contributed by atoms with van der Waals surface area (Å²) in [7, 11) is -8.04. The fourth-order valence-corrected chi connectivity index (χ4v) is 4.37. The van der Waals surface area contributed by atoms with Gasteiger partial charge in [0.2, 0.25) is 20.0 Å². The number of hydrogen-bond acceptors (Lipinski definition) is 5. The van der Waals surface area contributed by atoms with Crippen LogP contribution in [0.3, 0.4) is 0 Å². The summed E-state index contributed by atoms with van der Waals surface area (Å²) in [6.45, 7) is 0. The van der Waals surface area contributed by atoms with Crippen molar-refractivity contribution < 1.29 is 21.6 Å². The van der Waals surface area contributed by atoms with Gasteiger partial charge in [0.25, 0.3) is 0 Å². The molecule has 1 aromatic carbocycles. The number of nitrogens with zero attached hydrogens (tertiary/aromatic N) is 1. The van der Waals surface area contributed by atoms with E-state index in [0.29, 0.717) is 6.29 Å². The summed E-state index contributed by atoms with van der Waals surface area (Å²) in [5.74, 6) is 0. The normalized spacial score (nSPS) is 12.1. The highest BCUT2D eigenvalue weighted by atomic mass is 32.3. The zero-order valence-corrected chi connectivity index (χ0v) is 10.8. The first-order chi connectivity index (χ1) is 7.68. The molecule has 0 atom stereocenters. The molecule has 6 nitrogen and oxygen atoms in total. The third-order valence-corrected chi connectivity index (χ3v) is 5.09. The van der Waals surface area contributed by atoms with Gasteiger partial charge in [0, 0.05) is 5.56 Å². The lowest BCUT2D eigenvalue weighted by Gasteiger charge is -2.20. The summed E-state index contributed by atoms with van der Waals surface area (Å²) < 4.78 is 46.1. The molecule has 94 valence electrons. The van der Waals surface area contributed by atoms with Crippen LogP contribution in [0.5, 0.6) is 0 Å². The minimum absolute atomic E-state index is 0.0108. The van der Waals surface area contributed by atoms with Crippen molar-refractivity contribution >= 4 is 32.0 Å². The zero-order chi connectivity index (χ0) is 13.3. The van der Waals surface area contributed by atoms with E-state index in [1.54, 1.807) is 0 Å². The van der Waals surface area contributed by atoms with Gasteiger partial charge in [0.15, 0.2) is 6.29 Å². The largest absolute Gasteiger partial charge is 0.298 e. The van der Waals surface area contributed by atoms with Crippen molar-refractivity contribution in [3.05, 3.63) is 29.8 Å². The van der Waals surface area contributed by atoms with E-state index in [2.05, 4.69) is 0 Å². The van der Waals surface area contributed by atoms with Crippen LogP contribution in [0.15, 0.2) is 24.3 Å². The number of sulfonamides is 2. The van der Waals surface area contributed by atoms with Gasteiger partial charge in [-0.25, -0.2) is 16.8 Å². The minimum Gasteiger partial charge on any atom is -0.298 e. The Bertz CT molecular complexity index is 601. The van der Waals surface area contributed by atoms with Gasteiger partial charge in [0.05, 0.1) is 18.2 Å². The molecule has 0 aromatic heterocycles. The number of benzene rings is 1. The Morgan fingerprint density at radius 3 is 1.88 bits per heavy atom. The molecule has 8 heteroatoms. The minimum atomic E-state index is -4.02. The van der Waals surface area contributed by atoms with Crippen LogP contribution in [-0.2, 0) is 20.0 Å². The lowest BCUT2D eigenvalue weighted by Crippen LogP contribution is -2.35. The molecule has 0 aliphatic carbocycles. The second kappa shape index (κ2) is 4.46. The summed E-state index contributed by atoms with van der Waals surface area (Å²) in [5, 5.41) is 0. The number of carbonyl (C=O) groups excluding carboxylic acids is 1. The van der Waals surface area contributed by atoms with Crippen molar-refractivity contribution in [3.63, 3.8) is 0 Å². The van der Waals surface area contributed by atoms with Crippen LogP contribution >= 0.6 is 0 Å². The Balaban J connectivity index is 3.61. The lowest BCUT2D eigenvalue weighted by molar-refractivity contribution is 0.112. The SMILES string of the molecule is CS(=O)(=O)N(c1ccccc1C=O)S(C)(=O)=O.